The molecule has 0 aliphatic rings. The van der Waals surface area contributed by atoms with Gasteiger partial charge in [0.1, 0.15) is 0 Å². The lowest BCUT2D eigenvalue weighted by atomic mass is 9.99. The van der Waals surface area contributed by atoms with E-state index in [0.717, 1.165) is 6.42 Å². The standard InChI is InChI=1S/C14H23IN2/c1-3-4-5-6-10-13(17-16)12-9-7-8-11(2)14(12)15/h7-9,13,17H,3-6,10,16H2,1-2H3. The molecule has 0 saturated heterocycles. The van der Waals surface area contributed by atoms with E-state index in [1.54, 1.807) is 0 Å². The first-order valence-corrected chi connectivity index (χ1v) is 7.49. The van der Waals surface area contributed by atoms with Gasteiger partial charge in [-0.2, -0.15) is 0 Å². The van der Waals surface area contributed by atoms with Crippen molar-refractivity contribution < 1.29 is 0 Å². The molecule has 1 aromatic rings. The molecule has 96 valence electrons. The van der Waals surface area contributed by atoms with Gasteiger partial charge in [-0.25, -0.2) is 0 Å². The Balaban J connectivity index is 2.63. The van der Waals surface area contributed by atoms with Crippen LogP contribution in [0.1, 0.15) is 56.2 Å². The summed E-state index contributed by atoms with van der Waals surface area (Å²) >= 11 is 2.42. The Labute approximate surface area is 118 Å². The third kappa shape index (κ3) is 4.56. The SMILES string of the molecule is CCCCCCC(NN)c1cccc(C)c1I. The van der Waals surface area contributed by atoms with E-state index < -0.39 is 0 Å². The summed E-state index contributed by atoms with van der Waals surface area (Å²) in [6.07, 6.45) is 6.27. The molecule has 1 rings (SSSR count). The van der Waals surface area contributed by atoms with E-state index in [-0.39, 0.29) is 0 Å². The first kappa shape index (κ1) is 14.9. The molecular weight excluding hydrogens is 323 g/mol. The second kappa shape index (κ2) is 8.06. The molecule has 0 bridgehead atoms. The Bertz CT molecular complexity index is 339. The van der Waals surface area contributed by atoms with Crippen molar-refractivity contribution in [3.8, 4) is 0 Å². The summed E-state index contributed by atoms with van der Waals surface area (Å²) in [5.41, 5.74) is 5.63. The highest BCUT2D eigenvalue weighted by atomic mass is 127. The van der Waals surface area contributed by atoms with Gasteiger partial charge in [0.2, 0.25) is 0 Å². The van der Waals surface area contributed by atoms with Gasteiger partial charge in [0, 0.05) is 9.61 Å². The van der Waals surface area contributed by atoms with E-state index >= 15 is 0 Å². The molecule has 1 unspecified atom stereocenters. The van der Waals surface area contributed by atoms with Crippen LogP contribution in [0, 0.1) is 10.5 Å². The minimum Gasteiger partial charge on any atom is -0.271 e. The fraction of sp³-hybridized carbons (Fsp3) is 0.571. The van der Waals surface area contributed by atoms with Crippen molar-refractivity contribution in [2.45, 2.75) is 52.0 Å². The largest absolute Gasteiger partial charge is 0.271 e. The lowest BCUT2D eigenvalue weighted by Gasteiger charge is -2.18. The summed E-state index contributed by atoms with van der Waals surface area (Å²) in [5.74, 6) is 5.69. The molecule has 0 fully saturated rings. The Kier molecular flexibility index (Phi) is 7.08. The summed E-state index contributed by atoms with van der Waals surface area (Å²) in [4.78, 5) is 0. The number of hydrogen-bond donors (Lipinski definition) is 2. The van der Waals surface area contributed by atoms with Gasteiger partial charge >= 0.3 is 0 Å². The summed E-state index contributed by atoms with van der Waals surface area (Å²) in [7, 11) is 0. The smallest absolute Gasteiger partial charge is 0.0470 e. The van der Waals surface area contributed by atoms with Crippen LogP contribution >= 0.6 is 22.6 Å². The Morgan fingerprint density at radius 3 is 2.71 bits per heavy atom. The van der Waals surface area contributed by atoms with Crippen LogP contribution in [0.4, 0.5) is 0 Å². The predicted octanol–water partition coefficient (Wildman–Crippen LogP) is 4.07. The van der Waals surface area contributed by atoms with Crippen molar-refractivity contribution in [3.05, 3.63) is 32.9 Å². The van der Waals surface area contributed by atoms with Crippen molar-refractivity contribution >= 4 is 22.6 Å². The van der Waals surface area contributed by atoms with Gasteiger partial charge in [-0.3, -0.25) is 11.3 Å². The lowest BCUT2D eigenvalue weighted by molar-refractivity contribution is 0.480. The molecule has 17 heavy (non-hydrogen) atoms. The molecule has 1 atom stereocenters. The number of unbranched alkanes of at least 4 members (excludes halogenated alkanes) is 3. The van der Waals surface area contributed by atoms with Crippen LogP contribution in [0.5, 0.6) is 0 Å². The van der Waals surface area contributed by atoms with Crippen molar-refractivity contribution in [3.63, 3.8) is 0 Å². The zero-order valence-electron chi connectivity index (χ0n) is 10.8. The molecule has 0 aliphatic carbocycles. The summed E-state index contributed by atoms with van der Waals surface area (Å²) in [5, 5.41) is 0. The van der Waals surface area contributed by atoms with Crippen molar-refractivity contribution in [2.75, 3.05) is 0 Å². The average molecular weight is 346 g/mol. The minimum absolute atomic E-state index is 0.290. The highest BCUT2D eigenvalue weighted by Gasteiger charge is 2.13. The van der Waals surface area contributed by atoms with Crippen LogP contribution in [0.2, 0.25) is 0 Å². The Morgan fingerprint density at radius 1 is 1.29 bits per heavy atom. The number of hydrazine groups is 1. The summed E-state index contributed by atoms with van der Waals surface area (Å²) in [6.45, 7) is 4.39. The van der Waals surface area contributed by atoms with E-state index in [4.69, 9.17) is 5.84 Å². The van der Waals surface area contributed by atoms with Crippen LogP contribution in [0.25, 0.3) is 0 Å². The van der Waals surface area contributed by atoms with Gasteiger partial charge in [-0.05, 0) is 47.1 Å². The van der Waals surface area contributed by atoms with Crippen LogP contribution in [-0.4, -0.2) is 0 Å². The molecule has 1 aromatic carbocycles. The van der Waals surface area contributed by atoms with Crippen molar-refractivity contribution in [1.82, 2.24) is 5.43 Å². The number of halogens is 1. The Morgan fingerprint density at radius 2 is 2.06 bits per heavy atom. The second-order valence-electron chi connectivity index (χ2n) is 4.55. The molecule has 3 N–H and O–H groups in total. The van der Waals surface area contributed by atoms with Gasteiger partial charge in [0.15, 0.2) is 0 Å². The molecule has 2 nitrogen and oxygen atoms in total. The van der Waals surface area contributed by atoms with E-state index in [9.17, 15) is 0 Å². The molecule has 0 aliphatic heterocycles. The van der Waals surface area contributed by atoms with Crippen molar-refractivity contribution in [2.24, 2.45) is 5.84 Å². The highest BCUT2D eigenvalue weighted by Crippen LogP contribution is 2.26. The number of rotatable bonds is 7. The summed E-state index contributed by atoms with van der Waals surface area (Å²) < 4.78 is 1.34. The topological polar surface area (TPSA) is 38.0 Å². The van der Waals surface area contributed by atoms with E-state index in [2.05, 4.69) is 60.1 Å². The molecule has 0 saturated carbocycles. The van der Waals surface area contributed by atoms with Crippen molar-refractivity contribution in [1.29, 1.82) is 0 Å². The lowest BCUT2D eigenvalue weighted by Crippen LogP contribution is -2.28. The van der Waals surface area contributed by atoms with Gasteiger partial charge in [-0.15, -0.1) is 0 Å². The third-order valence-electron chi connectivity index (χ3n) is 3.14. The maximum Gasteiger partial charge on any atom is 0.0470 e. The number of nitrogens with one attached hydrogen (secondary N) is 1. The average Bonchev–Trinajstić information content (AvgIpc) is 2.34. The third-order valence-corrected chi connectivity index (χ3v) is 4.62. The van der Waals surface area contributed by atoms with Crippen LogP contribution in [-0.2, 0) is 0 Å². The number of benzene rings is 1. The van der Waals surface area contributed by atoms with Gasteiger partial charge in [-0.1, -0.05) is 50.8 Å². The molecule has 0 aromatic heterocycles. The number of nitrogens with two attached hydrogens (primary N) is 1. The van der Waals surface area contributed by atoms with Gasteiger partial charge in [0.05, 0.1) is 0 Å². The summed E-state index contributed by atoms with van der Waals surface area (Å²) in [6, 6.07) is 6.73. The molecular formula is C14H23IN2. The molecule has 0 spiro atoms. The normalized spacial score (nSPS) is 12.7. The van der Waals surface area contributed by atoms with E-state index in [1.807, 2.05) is 0 Å². The zero-order chi connectivity index (χ0) is 12.7. The maximum atomic E-state index is 5.69. The highest BCUT2D eigenvalue weighted by molar-refractivity contribution is 14.1. The number of hydrogen-bond acceptors (Lipinski definition) is 2. The fourth-order valence-electron chi connectivity index (χ4n) is 2.04. The monoisotopic (exact) mass is 346 g/mol. The predicted molar refractivity (Wildman–Crippen MR) is 82.7 cm³/mol. The van der Waals surface area contributed by atoms with E-state index in [1.165, 1.54) is 40.4 Å². The van der Waals surface area contributed by atoms with Gasteiger partial charge < -0.3 is 0 Å². The molecule has 0 amide bonds. The minimum atomic E-state index is 0.290. The van der Waals surface area contributed by atoms with E-state index in [0.29, 0.717) is 6.04 Å². The van der Waals surface area contributed by atoms with Gasteiger partial charge in [0.25, 0.3) is 0 Å². The fourth-order valence-corrected chi connectivity index (χ4v) is 2.78. The Hall–Kier alpha value is -0.130. The zero-order valence-corrected chi connectivity index (χ0v) is 13.0. The van der Waals surface area contributed by atoms with Crippen LogP contribution < -0.4 is 11.3 Å². The number of aryl methyl sites for hydroxylation is 1. The molecule has 0 heterocycles. The first-order valence-electron chi connectivity index (χ1n) is 6.41. The maximum absolute atomic E-state index is 5.69. The van der Waals surface area contributed by atoms with Crippen LogP contribution in [0.3, 0.4) is 0 Å². The quantitative estimate of drug-likeness (QED) is 0.338. The first-order chi connectivity index (χ1) is 8.20. The van der Waals surface area contributed by atoms with Crippen LogP contribution in [0.15, 0.2) is 18.2 Å². The molecule has 0 radical (unpaired) electrons. The second-order valence-corrected chi connectivity index (χ2v) is 5.63. The molecule has 3 heteroatoms.